The summed E-state index contributed by atoms with van der Waals surface area (Å²) in [5, 5.41) is 3.36. The summed E-state index contributed by atoms with van der Waals surface area (Å²) >= 11 is 0. The largest absolute Gasteiger partial charge is 0.457 e. The van der Waals surface area contributed by atoms with Gasteiger partial charge in [-0.3, -0.25) is 0 Å². The fourth-order valence-electron chi connectivity index (χ4n) is 2.72. The molecule has 0 aromatic heterocycles. The molecule has 0 radical (unpaired) electrons. The summed E-state index contributed by atoms with van der Waals surface area (Å²) in [5.74, 6) is 3.01. The fraction of sp³-hybridized carbons (Fsp3) is 0. The normalized spacial score (nSPS) is 10.3. The highest BCUT2D eigenvalue weighted by Crippen LogP contribution is 2.27. The number of hydrogen-bond acceptors (Lipinski definition) is 5. The van der Waals surface area contributed by atoms with Crippen LogP contribution in [-0.2, 0) is 0 Å². The smallest absolute Gasteiger partial charge is 0.127 e. The van der Waals surface area contributed by atoms with Crippen LogP contribution in [0.3, 0.4) is 0 Å². The van der Waals surface area contributed by atoms with E-state index in [2.05, 4.69) is 5.32 Å². The zero-order valence-corrected chi connectivity index (χ0v) is 15.7. The highest BCUT2D eigenvalue weighted by molar-refractivity contribution is 5.61. The fourth-order valence-corrected chi connectivity index (χ4v) is 2.72. The SMILES string of the molecule is Nc1ccc(Oc2ccc(Nc3ccc(Oc4ccc(N)cc4)cc3)cc2)cc1. The van der Waals surface area contributed by atoms with Gasteiger partial charge in [-0.25, -0.2) is 0 Å². The van der Waals surface area contributed by atoms with Gasteiger partial charge in [-0.15, -0.1) is 0 Å². The Morgan fingerprint density at radius 1 is 0.414 bits per heavy atom. The van der Waals surface area contributed by atoms with Crippen molar-refractivity contribution in [3.05, 3.63) is 97.1 Å². The van der Waals surface area contributed by atoms with Crippen molar-refractivity contribution in [1.82, 2.24) is 0 Å². The Morgan fingerprint density at radius 3 is 1.00 bits per heavy atom. The Morgan fingerprint density at radius 2 is 0.690 bits per heavy atom. The van der Waals surface area contributed by atoms with Crippen LogP contribution >= 0.6 is 0 Å². The molecule has 144 valence electrons. The summed E-state index contributed by atoms with van der Waals surface area (Å²) in [6, 6.07) is 30.1. The molecule has 5 nitrogen and oxygen atoms in total. The molecule has 0 spiro atoms. The predicted octanol–water partition coefficient (Wildman–Crippen LogP) is 6.18. The summed E-state index contributed by atoms with van der Waals surface area (Å²) in [5.41, 5.74) is 14.7. The van der Waals surface area contributed by atoms with Crippen LogP contribution in [0.25, 0.3) is 0 Å². The third-order valence-corrected chi connectivity index (χ3v) is 4.23. The summed E-state index contributed by atoms with van der Waals surface area (Å²) < 4.78 is 11.6. The predicted molar refractivity (Wildman–Crippen MR) is 118 cm³/mol. The van der Waals surface area contributed by atoms with Crippen LogP contribution in [0, 0.1) is 0 Å². The van der Waals surface area contributed by atoms with E-state index in [4.69, 9.17) is 20.9 Å². The molecule has 4 aromatic carbocycles. The van der Waals surface area contributed by atoms with Crippen molar-refractivity contribution in [2.75, 3.05) is 16.8 Å². The van der Waals surface area contributed by atoms with E-state index >= 15 is 0 Å². The highest BCUT2D eigenvalue weighted by atomic mass is 16.5. The summed E-state index contributed by atoms with van der Waals surface area (Å²) in [6.07, 6.45) is 0. The lowest BCUT2D eigenvalue weighted by molar-refractivity contribution is 0.482. The number of nitrogens with one attached hydrogen (secondary N) is 1. The van der Waals surface area contributed by atoms with Crippen molar-refractivity contribution in [2.45, 2.75) is 0 Å². The minimum absolute atomic E-state index is 0.710. The maximum Gasteiger partial charge on any atom is 0.127 e. The Labute approximate surface area is 169 Å². The lowest BCUT2D eigenvalue weighted by atomic mass is 10.2. The molecule has 0 aliphatic carbocycles. The van der Waals surface area contributed by atoms with Crippen molar-refractivity contribution in [3.8, 4) is 23.0 Å². The van der Waals surface area contributed by atoms with Gasteiger partial charge in [-0.2, -0.15) is 0 Å². The van der Waals surface area contributed by atoms with E-state index in [0.29, 0.717) is 11.4 Å². The molecule has 29 heavy (non-hydrogen) atoms. The van der Waals surface area contributed by atoms with Gasteiger partial charge < -0.3 is 26.3 Å². The molecule has 0 amide bonds. The number of nitrogens with two attached hydrogens (primary N) is 2. The van der Waals surface area contributed by atoms with E-state index in [1.165, 1.54) is 0 Å². The maximum atomic E-state index is 5.81. The number of anilines is 4. The van der Waals surface area contributed by atoms with Crippen LogP contribution in [0.1, 0.15) is 0 Å². The average Bonchev–Trinajstić information content (AvgIpc) is 2.74. The third-order valence-electron chi connectivity index (χ3n) is 4.23. The van der Waals surface area contributed by atoms with E-state index in [9.17, 15) is 0 Å². The molecular formula is C24H21N3O2. The van der Waals surface area contributed by atoms with Gasteiger partial charge in [-0.1, -0.05) is 0 Å². The van der Waals surface area contributed by atoms with Crippen LogP contribution in [0.2, 0.25) is 0 Å². The Hall–Kier alpha value is -4.12. The van der Waals surface area contributed by atoms with E-state index in [-0.39, 0.29) is 0 Å². The molecule has 0 saturated carbocycles. The molecule has 0 saturated heterocycles. The van der Waals surface area contributed by atoms with Crippen molar-refractivity contribution >= 4 is 22.7 Å². The van der Waals surface area contributed by atoms with Crippen molar-refractivity contribution in [1.29, 1.82) is 0 Å². The standard InChI is InChI=1S/C24H21N3O2/c25-17-1-9-21(10-2-17)28-23-13-5-19(6-14-23)27-20-7-15-24(16-8-20)29-22-11-3-18(26)4-12-22/h1-16,27H,25-26H2. The van der Waals surface area contributed by atoms with Gasteiger partial charge >= 0.3 is 0 Å². The number of benzene rings is 4. The highest BCUT2D eigenvalue weighted by Gasteiger charge is 2.01. The van der Waals surface area contributed by atoms with Gasteiger partial charge in [0.2, 0.25) is 0 Å². The molecule has 0 aliphatic rings. The van der Waals surface area contributed by atoms with Crippen molar-refractivity contribution < 1.29 is 9.47 Å². The van der Waals surface area contributed by atoms with Gasteiger partial charge in [0.05, 0.1) is 0 Å². The first-order valence-corrected chi connectivity index (χ1v) is 9.18. The molecule has 0 aliphatic heterocycles. The molecule has 5 N–H and O–H groups in total. The van der Waals surface area contributed by atoms with Crippen molar-refractivity contribution in [3.63, 3.8) is 0 Å². The monoisotopic (exact) mass is 383 g/mol. The summed E-state index contributed by atoms with van der Waals surface area (Å²) in [7, 11) is 0. The summed E-state index contributed by atoms with van der Waals surface area (Å²) in [6.45, 7) is 0. The van der Waals surface area contributed by atoms with Crippen LogP contribution < -0.4 is 26.3 Å². The minimum Gasteiger partial charge on any atom is -0.457 e. The molecule has 0 bridgehead atoms. The first-order valence-electron chi connectivity index (χ1n) is 9.18. The van der Waals surface area contributed by atoms with Crippen LogP contribution in [0.5, 0.6) is 23.0 Å². The number of hydrogen-bond donors (Lipinski definition) is 3. The number of nitrogen functional groups attached to an aromatic ring is 2. The Balaban J connectivity index is 1.36. The van der Waals surface area contributed by atoms with Gasteiger partial charge in [0, 0.05) is 22.7 Å². The van der Waals surface area contributed by atoms with Gasteiger partial charge in [0.1, 0.15) is 23.0 Å². The number of rotatable bonds is 6. The second-order valence-corrected chi connectivity index (χ2v) is 6.52. The first kappa shape index (κ1) is 18.3. The molecule has 0 atom stereocenters. The second-order valence-electron chi connectivity index (χ2n) is 6.52. The molecule has 0 fully saturated rings. The molecule has 4 aromatic rings. The zero-order valence-electron chi connectivity index (χ0n) is 15.7. The van der Waals surface area contributed by atoms with E-state index in [1.54, 1.807) is 0 Å². The lowest BCUT2D eigenvalue weighted by Gasteiger charge is -2.10. The van der Waals surface area contributed by atoms with Crippen LogP contribution in [0.15, 0.2) is 97.1 Å². The van der Waals surface area contributed by atoms with E-state index < -0.39 is 0 Å². The van der Waals surface area contributed by atoms with Gasteiger partial charge in [-0.05, 0) is 97.1 Å². The quantitative estimate of drug-likeness (QED) is 0.346. The van der Waals surface area contributed by atoms with Gasteiger partial charge in [0.25, 0.3) is 0 Å². The second kappa shape index (κ2) is 8.27. The molecule has 0 unspecified atom stereocenters. The Kier molecular flexibility index (Phi) is 5.21. The molecule has 0 heterocycles. The Bertz CT molecular complexity index is 970. The minimum atomic E-state index is 0.710. The lowest BCUT2D eigenvalue weighted by Crippen LogP contribution is -1.91. The first-order chi connectivity index (χ1) is 14.1. The average molecular weight is 383 g/mol. The van der Waals surface area contributed by atoms with Crippen LogP contribution in [-0.4, -0.2) is 0 Å². The zero-order chi connectivity index (χ0) is 20.1. The molecular weight excluding hydrogens is 362 g/mol. The van der Waals surface area contributed by atoms with E-state index in [1.807, 2.05) is 97.1 Å². The third kappa shape index (κ3) is 4.99. The number of ether oxygens (including phenoxy) is 2. The van der Waals surface area contributed by atoms with Gasteiger partial charge in [0.15, 0.2) is 0 Å². The van der Waals surface area contributed by atoms with Crippen molar-refractivity contribution in [2.24, 2.45) is 0 Å². The maximum absolute atomic E-state index is 5.81. The van der Waals surface area contributed by atoms with Crippen LogP contribution in [0.4, 0.5) is 22.7 Å². The van der Waals surface area contributed by atoms with E-state index in [0.717, 1.165) is 34.4 Å². The topological polar surface area (TPSA) is 82.5 Å². The molecule has 4 rings (SSSR count). The molecule has 5 heteroatoms. The summed E-state index contributed by atoms with van der Waals surface area (Å²) in [4.78, 5) is 0.